The molecule has 0 aliphatic carbocycles. The van der Waals surface area contributed by atoms with Crippen molar-refractivity contribution in [1.29, 1.82) is 0 Å². The zero-order valence-electron chi connectivity index (χ0n) is 19.6. The predicted octanol–water partition coefficient (Wildman–Crippen LogP) is 5.63. The van der Waals surface area contributed by atoms with Crippen LogP contribution in [0.4, 0.5) is 4.39 Å². The van der Waals surface area contributed by atoms with Gasteiger partial charge < -0.3 is 0 Å². The van der Waals surface area contributed by atoms with E-state index in [9.17, 15) is 17.6 Å². The average Bonchev–Trinajstić information content (AvgIpc) is 2.91. The number of carbonyl (C=O) groups is 1. The largest absolute Gasteiger partial charge is 0.271 e. The highest BCUT2D eigenvalue weighted by Gasteiger charge is 2.25. The second kappa shape index (κ2) is 11.9. The lowest BCUT2D eigenvalue weighted by molar-refractivity contribution is 0.0955. The van der Waals surface area contributed by atoms with Gasteiger partial charge in [-0.1, -0.05) is 66.2 Å². The second-order valence-corrected chi connectivity index (χ2v) is 10.5. The van der Waals surface area contributed by atoms with Gasteiger partial charge in [-0.2, -0.15) is 9.41 Å². The summed E-state index contributed by atoms with van der Waals surface area (Å²) < 4.78 is 41.6. The Hall–Kier alpha value is -3.85. The van der Waals surface area contributed by atoms with E-state index < -0.39 is 21.7 Å². The van der Waals surface area contributed by atoms with Gasteiger partial charge in [-0.3, -0.25) is 4.79 Å². The number of nitrogens with one attached hydrogen (secondary N) is 1. The van der Waals surface area contributed by atoms with Gasteiger partial charge in [0.05, 0.1) is 11.1 Å². The van der Waals surface area contributed by atoms with Crippen molar-refractivity contribution in [2.45, 2.75) is 18.0 Å². The molecule has 0 bridgehead atoms. The smallest absolute Gasteiger partial charge is 0.267 e. The molecule has 1 N–H and O–H groups in total. The minimum absolute atomic E-state index is 0.0294. The van der Waals surface area contributed by atoms with E-state index in [0.29, 0.717) is 21.7 Å². The monoisotopic (exact) mass is 535 g/mol. The van der Waals surface area contributed by atoms with Crippen LogP contribution in [-0.2, 0) is 23.1 Å². The Morgan fingerprint density at radius 2 is 1.41 bits per heavy atom. The summed E-state index contributed by atoms with van der Waals surface area (Å²) in [5.41, 5.74) is 5.00. The van der Waals surface area contributed by atoms with Crippen LogP contribution in [0.2, 0.25) is 5.02 Å². The number of hydrogen-bond donors (Lipinski definition) is 1. The molecule has 0 atom stereocenters. The van der Waals surface area contributed by atoms with Crippen LogP contribution < -0.4 is 5.43 Å². The zero-order valence-corrected chi connectivity index (χ0v) is 21.2. The molecule has 0 saturated carbocycles. The lowest BCUT2D eigenvalue weighted by atomic mass is 10.1. The van der Waals surface area contributed by atoms with Gasteiger partial charge in [0.25, 0.3) is 5.91 Å². The van der Waals surface area contributed by atoms with E-state index in [1.807, 2.05) is 30.3 Å². The number of amides is 1. The summed E-state index contributed by atoms with van der Waals surface area (Å²) in [7, 11) is -3.91. The standard InChI is InChI=1S/C28H23ClFN3O3S/c29-25-12-16-27(17-13-25)37(35,36)33(20-23-8-14-26(30)15-9-23)19-22-6-10-24(11-7-22)28(34)32-31-18-21-4-2-1-3-5-21/h1-18H,19-20H2,(H,32,34). The molecule has 0 aliphatic rings. The topological polar surface area (TPSA) is 78.8 Å². The number of nitrogens with zero attached hydrogens (tertiary/aromatic N) is 2. The van der Waals surface area contributed by atoms with Crippen molar-refractivity contribution in [3.8, 4) is 0 Å². The molecule has 188 valence electrons. The molecular formula is C28H23ClFN3O3S. The van der Waals surface area contributed by atoms with Crippen LogP contribution in [0.3, 0.4) is 0 Å². The molecule has 0 heterocycles. The van der Waals surface area contributed by atoms with Crippen LogP contribution in [-0.4, -0.2) is 24.8 Å². The van der Waals surface area contributed by atoms with Crippen molar-refractivity contribution in [2.24, 2.45) is 5.10 Å². The molecule has 0 unspecified atom stereocenters. The van der Waals surface area contributed by atoms with Crippen LogP contribution >= 0.6 is 11.6 Å². The fourth-order valence-electron chi connectivity index (χ4n) is 3.51. The average molecular weight is 536 g/mol. The number of carbonyl (C=O) groups excluding carboxylic acids is 1. The maximum atomic E-state index is 13.5. The zero-order chi connectivity index (χ0) is 26.3. The quantitative estimate of drug-likeness (QED) is 0.223. The van der Waals surface area contributed by atoms with Crippen LogP contribution in [0.15, 0.2) is 113 Å². The van der Waals surface area contributed by atoms with Gasteiger partial charge >= 0.3 is 0 Å². The molecule has 1 amide bonds. The molecule has 0 aliphatic heterocycles. The Kier molecular flexibility index (Phi) is 8.45. The van der Waals surface area contributed by atoms with Crippen molar-refractivity contribution < 1.29 is 17.6 Å². The number of benzene rings is 4. The van der Waals surface area contributed by atoms with Gasteiger partial charge in [-0.15, -0.1) is 0 Å². The summed E-state index contributed by atoms with van der Waals surface area (Å²) in [6.45, 7) is 0.0675. The first kappa shape index (κ1) is 26.2. The first-order chi connectivity index (χ1) is 17.8. The summed E-state index contributed by atoms with van der Waals surface area (Å²) >= 11 is 5.93. The summed E-state index contributed by atoms with van der Waals surface area (Å²) in [6.07, 6.45) is 1.54. The van der Waals surface area contributed by atoms with Crippen LogP contribution in [0.25, 0.3) is 0 Å². The first-order valence-corrected chi connectivity index (χ1v) is 13.1. The number of halogens is 2. The van der Waals surface area contributed by atoms with Crippen molar-refractivity contribution in [2.75, 3.05) is 0 Å². The molecule has 9 heteroatoms. The predicted molar refractivity (Wildman–Crippen MR) is 142 cm³/mol. The van der Waals surface area contributed by atoms with Crippen LogP contribution in [0, 0.1) is 5.82 Å². The van der Waals surface area contributed by atoms with Gasteiger partial charge in [-0.05, 0) is 65.2 Å². The van der Waals surface area contributed by atoms with Crippen molar-refractivity contribution in [3.63, 3.8) is 0 Å². The molecule has 4 aromatic rings. The Bertz CT molecular complexity index is 1480. The molecule has 0 fully saturated rings. The number of hydrogen-bond acceptors (Lipinski definition) is 4. The van der Waals surface area contributed by atoms with Crippen LogP contribution in [0.1, 0.15) is 27.0 Å². The number of hydrazone groups is 1. The van der Waals surface area contributed by atoms with Crippen molar-refractivity contribution in [3.05, 3.63) is 136 Å². The molecule has 0 radical (unpaired) electrons. The summed E-state index contributed by atoms with van der Waals surface area (Å²) in [5.74, 6) is -0.798. The van der Waals surface area contributed by atoms with E-state index in [-0.39, 0.29) is 18.0 Å². The van der Waals surface area contributed by atoms with Gasteiger partial charge in [0, 0.05) is 23.7 Å². The lowest BCUT2D eigenvalue weighted by Crippen LogP contribution is -2.30. The summed E-state index contributed by atoms with van der Waals surface area (Å²) in [5, 5.41) is 4.39. The first-order valence-electron chi connectivity index (χ1n) is 11.3. The van der Waals surface area contributed by atoms with Gasteiger partial charge in [-0.25, -0.2) is 18.2 Å². The third-order valence-electron chi connectivity index (χ3n) is 5.48. The highest BCUT2D eigenvalue weighted by Crippen LogP contribution is 2.23. The van der Waals surface area contributed by atoms with Crippen LogP contribution in [0.5, 0.6) is 0 Å². The SMILES string of the molecule is O=C(NN=Cc1ccccc1)c1ccc(CN(Cc2ccc(F)cc2)S(=O)(=O)c2ccc(Cl)cc2)cc1. The minimum atomic E-state index is -3.91. The molecule has 6 nitrogen and oxygen atoms in total. The fourth-order valence-corrected chi connectivity index (χ4v) is 5.05. The molecule has 0 spiro atoms. The Balaban J connectivity index is 1.51. The normalized spacial score (nSPS) is 11.6. The van der Waals surface area contributed by atoms with Crippen molar-refractivity contribution in [1.82, 2.24) is 9.73 Å². The fraction of sp³-hybridized carbons (Fsp3) is 0.0714. The van der Waals surface area contributed by atoms with E-state index in [1.54, 1.807) is 42.6 Å². The Morgan fingerprint density at radius 3 is 2.00 bits per heavy atom. The molecule has 4 aromatic carbocycles. The van der Waals surface area contributed by atoms with Gasteiger partial charge in [0.1, 0.15) is 5.82 Å². The van der Waals surface area contributed by atoms with Gasteiger partial charge in [0.2, 0.25) is 10.0 Å². The second-order valence-electron chi connectivity index (χ2n) is 8.16. The maximum absolute atomic E-state index is 13.5. The Morgan fingerprint density at radius 1 is 0.838 bits per heavy atom. The number of sulfonamides is 1. The van der Waals surface area contributed by atoms with E-state index in [4.69, 9.17) is 11.6 Å². The minimum Gasteiger partial charge on any atom is -0.267 e. The van der Waals surface area contributed by atoms with E-state index >= 15 is 0 Å². The highest BCUT2D eigenvalue weighted by atomic mass is 35.5. The van der Waals surface area contributed by atoms with Crippen molar-refractivity contribution >= 4 is 33.7 Å². The van der Waals surface area contributed by atoms with E-state index in [1.165, 1.54) is 40.7 Å². The third-order valence-corrected chi connectivity index (χ3v) is 7.54. The van der Waals surface area contributed by atoms with E-state index in [0.717, 1.165) is 5.56 Å². The summed E-state index contributed by atoms with van der Waals surface area (Å²) in [4.78, 5) is 12.5. The molecule has 37 heavy (non-hydrogen) atoms. The van der Waals surface area contributed by atoms with Gasteiger partial charge in [0.15, 0.2) is 0 Å². The molecule has 4 rings (SSSR count). The third kappa shape index (κ3) is 7.10. The molecule has 0 aromatic heterocycles. The Labute approximate surface area is 220 Å². The molecule has 0 saturated heterocycles. The molecular weight excluding hydrogens is 513 g/mol. The number of rotatable bonds is 9. The lowest BCUT2D eigenvalue weighted by Gasteiger charge is -2.23. The van der Waals surface area contributed by atoms with E-state index in [2.05, 4.69) is 10.5 Å². The maximum Gasteiger partial charge on any atom is 0.271 e. The highest BCUT2D eigenvalue weighted by molar-refractivity contribution is 7.89. The summed E-state index contributed by atoms with van der Waals surface area (Å²) in [6, 6.07) is 27.5.